The Morgan fingerprint density at radius 3 is 2.93 bits per heavy atom. The lowest BCUT2D eigenvalue weighted by atomic mass is 10.1. The fourth-order valence-electron chi connectivity index (χ4n) is 1.54. The van der Waals surface area contributed by atoms with Crippen LogP contribution < -0.4 is 10.6 Å². The predicted molar refractivity (Wildman–Crippen MR) is 56.4 cm³/mol. The quantitative estimate of drug-likeness (QED) is 0.738. The van der Waals surface area contributed by atoms with Crippen LogP contribution in [0.25, 0.3) is 0 Å². The Morgan fingerprint density at radius 2 is 2.33 bits per heavy atom. The van der Waals surface area contributed by atoms with E-state index >= 15 is 0 Å². The summed E-state index contributed by atoms with van der Waals surface area (Å²) in [6.45, 7) is 2.56. The molecule has 1 fully saturated rings. The first-order chi connectivity index (χ1) is 7.24. The van der Waals surface area contributed by atoms with Crippen molar-refractivity contribution in [2.45, 2.75) is 25.8 Å². The Bertz CT molecular complexity index is 339. The molecule has 0 spiro atoms. The van der Waals surface area contributed by atoms with Gasteiger partial charge in [-0.05, 0) is 25.5 Å². The number of piperidine rings is 1. The summed E-state index contributed by atoms with van der Waals surface area (Å²) in [6, 6.07) is 4.08. The number of aromatic nitrogens is 2. The maximum absolute atomic E-state index is 10.9. The van der Waals surface area contributed by atoms with Gasteiger partial charge in [0.05, 0.1) is 5.69 Å². The number of rotatable bonds is 2. The lowest BCUT2D eigenvalue weighted by molar-refractivity contribution is -0.122. The van der Waals surface area contributed by atoms with Crippen molar-refractivity contribution in [2.24, 2.45) is 0 Å². The number of amides is 1. The molecule has 1 atom stereocenters. The second kappa shape index (κ2) is 4.25. The van der Waals surface area contributed by atoms with Gasteiger partial charge in [-0.2, -0.15) is 5.10 Å². The Balaban J connectivity index is 1.91. The van der Waals surface area contributed by atoms with Gasteiger partial charge in [-0.15, -0.1) is 5.10 Å². The van der Waals surface area contributed by atoms with Crippen molar-refractivity contribution in [3.63, 3.8) is 0 Å². The molecular formula is C10H14N4O. The zero-order valence-electron chi connectivity index (χ0n) is 8.66. The summed E-state index contributed by atoms with van der Waals surface area (Å²) in [6.07, 6.45) is 1.43. The van der Waals surface area contributed by atoms with Crippen LogP contribution in [0.3, 0.4) is 0 Å². The highest BCUT2D eigenvalue weighted by Gasteiger charge is 2.17. The molecule has 0 aromatic carbocycles. The van der Waals surface area contributed by atoms with E-state index in [0.29, 0.717) is 13.0 Å². The molecule has 2 N–H and O–H groups in total. The van der Waals surface area contributed by atoms with Crippen molar-refractivity contribution in [3.8, 4) is 0 Å². The summed E-state index contributed by atoms with van der Waals surface area (Å²) in [5.74, 6) is 0.893. The van der Waals surface area contributed by atoms with E-state index in [1.165, 1.54) is 0 Å². The van der Waals surface area contributed by atoms with Crippen LogP contribution in [0.1, 0.15) is 18.5 Å². The Labute approximate surface area is 88.3 Å². The van der Waals surface area contributed by atoms with Crippen molar-refractivity contribution in [3.05, 3.63) is 17.8 Å². The summed E-state index contributed by atoms with van der Waals surface area (Å²) in [5, 5.41) is 14.0. The summed E-state index contributed by atoms with van der Waals surface area (Å²) in [7, 11) is 0. The summed E-state index contributed by atoms with van der Waals surface area (Å²) in [4.78, 5) is 10.9. The maximum atomic E-state index is 10.9. The molecule has 5 heteroatoms. The zero-order valence-corrected chi connectivity index (χ0v) is 8.66. The van der Waals surface area contributed by atoms with Crippen molar-refractivity contribution < 1.29 is 4.79 Å². The molecule has 1 saturated heterocycles. The maximum Gasteiger partial charge on any atom is 0.220 e. The van der Waals surface area contributed by atoms with Gasteiger partial charge >= 0.3 is 0 Å². The smallest absolute Gasteiger partial charge is 0.220 e. The third-order valence-corrected chi connectivity index (χ3v) is 2.42. The number of nitrogens with one attached hydrogen (secondary N) is 2. The minimum Gasteiger partial charge on any atom is -0.364 e. The molecule has 2 heterocycles. The number of nitrogens with zero attached hydrogens (tertiary/aromatic N) is 2. The zero-order chi connectivity index (χ0) is 10.7. The van der Waals surface area contributed by atoms with Gasteiger partial charge in [0.25, 0.3) is 0 Å². The molecule has 1 amide bonds. The van der Waals surface area contributed by atoms with E-state index in [9.17, 15) is 4.79 Å². The fourth-order valence-corrected chi connectivity index (χ4v) is 1.54. The second-order valence-corrected chi connectivity index (χ2v) is 3.74. The molecule has 0 saturated carbocycles. The molecule has 2 rings (SSSR count). The average molecular weight is 206 g/mol. The van der Waals surface area contributed by atoms with Gasteiger partial charge in [-0.3, -0.25) is 4.79 Å². The third kappa shape index (κ3) is 2.65. The summed E-state index contributed by atoms with van der Waals surface area (Å²) < 4.78 is 0. The van der Waals surface area contributed by atoms with Crippen LogP contribution in [0.15, 0.2) is 12.1 Å². The van der Waals surface area contributed by atoms with Crippen LogP contribution in [0, 0.1) is 6.92 Å². The van der Waals surface area contributed by atoms with Crippen LogP contribution in [0.5, 0.6) is 0 Å². The Morgan fingerprint density at radius 1 is 1.47 bits per heavy atom. The summed E-state index contributed by atoms with van der Waals surface area (Å²) >= 11 is 0. The van der Waals surface area contributed by atoms with E-state index in [1.54, 1.807) is 0 Å². The second-order valence-electron chi connectivity index (χ2n) is 3.74. The number of carbonyl (C=O) groups excluding carboxylic acids is 1. The minimum atomic E-state index is 0.128. The third-order valence-electron chi connectivity index (χ3n) is 2.42. The lowest BCUT2D eigenvalue weighted by Gasteiger charge is -2.23. The molecule has 80 valence electrons. The van der Waals surface area contributed by atoms with E-state index in [-0.39, 0.29) is 11.9 Å². The van der Waals surface area contributed by atoms with Crippen LogP contribution >= 0.6 is 0 Å². The van der Waals surface area contributed by atoms with Gasteiger partial charge in [0.2, 0.25) is 5.91 Å². The van der Waals surface area contributed by atoms with E-state index < -0.39 is 0 Å². The largest absolute Gasteiger partial charge is 0.364 e. The highest BCUT2D eigenvalue weighted by Crippen LogP contribution is 2.09. The van der Waals surface area contributed by atoms with E-state index in [2.05, 4.69) is 20.8 Å². The molecule has 1 aliphatic heterocycles. The predicted octanol–water partition coefficient (Wildman–Crippen LogP) is 0.476. The first kappa shape index (κ1) is 9.89. The van der Waals surface area contributed by atoms with Gasteiger partial charge < -0.3 is 10.6 Å². The highest BCUT2D eigenvalue weighted by atomic mass is 16.1. The molecule has 0 bridgehead atoms. The number of anilines is 1. The van der Waals surface area contributed by atoms with Crippen molar-refractivity contribution in [1.29, 1.82) is 0 Å². The Hall–Kier alpha value is -1.65. The van der Waals surface area contributed by atoms with E-state index in [4.69, 9.17) is 0 Å². The molecule has 1 unspecified atom stereocenters. The molecular weight excluding hydrogens is 192 g/mol. The SMILES string of the molecule is Cc1ccc(NC2CCC(=O)NC2)nn1. The van der Waals surface area contributed by atoms with Gasteiger partial charge in [0, 0.05) is 19.0 Å². The van der Waals surface area contributed by atoms with Crippen molar-refractivity contribution in [1.82, 2.24) is 15.5 Å². The summed E-state index contributed by atoms with van der Waals surface area (Å²) in [5.41, 5.74) is 0.900. The van der Waals surface area contributed by atoms with Crippen LogP contribution in [0.2, 0.25) is 0 Å². The van der Waals surface area contributed by atoms with Crippen LogP contribution in [-0.2, 0) is 4.79 Å². The van der Waals surface area contributed by atoms with Gasteiger partial charge in [-0.1, -0.05) is 0 Å². The van der Waals surface area contributed by atoms with Crippen molar-refractivity contribution >= 4 is 11.7 Å². The fraction of sp³-hybridized carbons (Fsp3) is 0.500. The van der Waals surface area contributed by atoms with Crippen LogP contribution in [-0.4, -0.2) is 28.7 Å². The molecule has 1 aliphatic rings. The minimum absolute atomic E-state index is 0.128. The average Bonchev–Trinajstić information content (AvgIpc) is 2.25. The van der Waals surface area contributed by atoms with Crippen molar-refractivity contribution in [2.75, 3.05) is 11.9 Å². The molecule has 5 nitrogen and oxygen atoms in total. The van der Waals surface area contributed by atoms with Gasteiger partial charge in [0.15, 0.2) is 0 Å². The van der Waals surface area contributed by atoms with E-state index in [1.807, 2.05) is 19.1 Å². The van der Waals surface area contributed by atoms with Gasteiger partial charge in [0.1, 0.15) is 5.82 Å². The number of aryl methyl sites for hydroxylation is 1. The number of hydrogen-bond donors (Lipinski definition) is 2. The normalized spacial score (nSPS) is 20.9. The highest BCUT2D eigenvalue weighted by molar-refractivity contribution is 5.76. The Kier molecular flexibility index (Phi) is 2.80. The van der Waals surface area contributed by atoms with Gasteiger partial charge in [-0.25, -0.2) is 0 Å². The lowest BCUT2D eigenvalue weighted by Crippen LogP contribution is -2.42. The monoisotopic (exact) mass is 206 g/mol. The number of carbonyl (C=O) groups is 1. The van der Waals surface area contributed by atoms with Crippen LogP contribution in [0.4, 0.5) is 5.82 Å². The topological polar surface area (TPSA) is 66.9 Å². The first-order valence-corrected chi connectivity index (χ1v) is 5.07. The van der Waals surface area contributed by atoms with E-state index in [0.717, 1.165) is 17.9 Å². The molecule has 1 aromatic rings. The molecule has 0 radical (unpaired) electrons. The standard InChI is InChI=1S/C10H14N4O/c1-7-2-4-9(14-13-7)12-8-3-5-10(15)11-6-8/h2,4,8H,3,5-6H2,1H3,(H,11,15)(H,12,14). The molecule has 1 aromatic heterocycles. The first-order valence-electron chi connectivity index (χ1n) is 5.07. The number of hydrogen-bond acceptors (Lipinski definition) is 4. The molecule has 0 aliphatic carbocycles. The molecule has 15 heavy (non-hydrogen) atoms.